The molecule has 56 atom stereocenters. The molecular weight excluding hydrogens is 2000 g/mol. The number of ether oxygens (including phenoxy) is 21. The fourth-order valence-electron chi connectivity index (χ4n) is 18.8. The minimum absolute atomic E-state index is 0.830. The van der Waals surface area contributed by atoms with Crippen LogP contribution in [0.25, 0.3) is 0 Å². The van der Waals surface area contributed by atoms with Gasteiger partial charge in [-0.25, -0.2) is 4.79 Å². The number of rotatable bonds is 40. The van der Waals surface area contributed by atoms with E-state index in [1.807, 2.05) is 0 Å². The van der Waals surface area contributed by atoms with E-state index in [0.29, 0.717) is 0 Å². The molecule has 0 aromatic heterocycles. The van der Waals surface area contributed by atoms with Gasteiger partial charge in [-0.05, 0) is 0 Å². The number of carboxylic acid groups (broad SMARTS) is 1. The summed E-state index contributed by atoms with van der Waals surface area (Å²) in [5.74, 6) is -10.8. The van der Waals surface area contributed by atoms with Crippen molar-refractivity contribution in [2.45, 2.75) is 391 Å². The summed E-state index contributed by atoms with van der Waals surface area (Å²) in [4.78, 5) is 89.6. The molecule has 11 fully saturated rings. The molecule has 0 bridgehead atoms. The SMILES string of the molecule is CC(=O)N[C@H]1[C@H](O[C@H]2[C@H](O)[C@@H](NC(C)=O)C(O)O[C@@H]2CO)O[C@H](CO)[C@@H](O[C@@H]2O[C@H](CO[C@H]3O[C@H](CO)[C@@H](O)[C@H](O)[C@@H]3O[C@@H]3O[C@H](CO)[C@@H](O[C@@H]4O[C@H](CO)[C@H](O)[C@H](O[C@@H]5O[C@H](CO)[C@@H](O)[C@H](O)[C@H]5NC(C)=O)[C@H]4O)[C@H](O)[C@H]3NC(C)=O)[C@@H](O)[C@H](O[C@H]3O[C@H](CO)[C@@H](O)[C@H](O)[C@@H]3O[C@@H]3O[C@H](CO)[C@@H](O[C@@H]4O[C@H](CO[C@@]5(C(=O)O)C[C@H](O)[C@@H](NC(C)=O)[C@H]([C@H](O)[C@H](O)CO)O5)[C@H](O)[C@H](O)[C@H]4O)[C@H](O)[C@H]3NC(C)=O)[C@@H]2O)[C@@H]1O. The second-order valence-electron chi connectivity index (χ2n) is 36.7. The van der Waals surface area contributed by atoms with Gasteiger partial charge in [0.1, 0.15) is 262 Å². The maximum absolute atomic E-state index is 13.3. The van der Waals surface area contributed by atoms with Crippen molar-refractivity contribution in [2.24, 2.45) is 0 Å². The lowest BCUT2D eigenvalue weighted by Gasteiger charge is -2.51. The average Bonchev–Trinajstić information content (AvgIpc) is 0.766. The number of carboxylic acids is 1. The second kappa shape index (κ2) is 52.5. The Balaban J connectivity index is 0.895. The summed E-state index contributed by atoms with van der Waals surface area (Å²) < 4.78 is 125. The zero-order valence-corrected chi connectivity index (χ0v) is 78.5. The quantitative estimate of drug-likeness (QED) is 0.0271. The zero-order chi connectivity index (χ0) is 108. The average molecular weight is 2140 g/mol. The summed E-state index contributed by atoms with van der Waals surface area (Å²) in [6.45, 7) is -7.66. The number of hydrogen-bond acceptors (Lipinski definition) is 58. The van der Waals surface area contributed by atoms with Crippen molar-refractivity contribution in [1.29, 1.82) is 0 Å². The normalized spacial score (nSPS) is 47.0. The van der Waals surface area contributed by atoms with E-state index in [9.17, 15) is 192 Å². The number of carbonyl (C=O) groups excluding carboxylic acids is 6. The smallest absolute Gasteiger partial charge is 0.364 e. The second-order valence-corrected chi connectivity index (χ2v) is 36.7. The highest BCUT2D eigenvalue weighted by molar-refractivity contribution is 5.77. The minimum atomic E-state index is -3.13. The third-order valence-electron chi connectivity index (χ3n) is 26.4. The van der Waals surface area contributed by atoms with Crippen LogP contribution in [0.2, 0.25) is 0 Å². The van der Waals surface area contributed by atoms with Gasteiger partial charge in [0.15, 0.2) is 62.9 Å². The van der Waals surface area contributed by atoms with E-state index in [1.54, 1.807) is 0 Å². The van der Waals surface area contributed by atoms with Crippen LogP contribution in [-0.4, -0.2) is 615 Å². The molecule has 11 heterocycles. The van der Waals surface area contributed by atoms with E-state index in [2.05, 4.69) is 31.9 Å². The van der Waals surface area contributed by atoms with Crippen molar-refractivity contribution < 1.29 is 291 Å². The molecule has 0 saturated carbocycles. The number of aliphatic carboxylic acids is 1. The van der Waals surface area contributed by atoms with Crippen molar-refractivity contribution in [3.8, 4) is 0 Å². The molecule has 0 aromatic carbocycles. The van der Waals surface area contributed by atoms with Crippen LogP contribution in [0.4, 0.5) is 0 Å². The Morgan fingerprint density at radius 1 is 0.281 bits per heavy atom. The Bertz CT molecular complexity index is 4170. The maximum Gasteiger partial charge on any atom is 0.364 e. The highest BCUT2D eigenvalue weighted by Gasteiger charge is 2.64. The van der Waals surface area contributed by atoms with Gasteiger partial charge in [-0.1, -0.05) is 0 Å². The largest absolute Gasteiger partial charge is 0.477 e. The van der Waals surface area contributed by atoms with E-state index in [0.717, 1.165) is 41.5 Å². The van der Waals surface area contributed by atoms with Gasteiger partial charge in [0, 0.05) is 48.0 Å². The first-order valence-electron chi connectivity index (χ1n) is 46.3. The van der Waals surface area contributed by atoms with Crippen molar-refractivity contribution >= 4 is 41.4 Å². The molecule has 842 valence electrons. The first kappa shape index (κ1) is 120. The molecule has 65 heteroatoms. The standard InChI is InChI=1S/C81H134N6O59/c1-19(97)82-37-25(103)7-81(80(124)125,146-65(37)43(105)26(104)8-88)127-18-36-47(109)55(117)58(120)75(137-36)139-62-32(14-94)135-74(42(53(62)115)87-24(6)102)145-69-57(119)46(108)29(11-91)132-79(69)143-67-49(111)35(136-77(60(67)122)141-64-33(15-95)133-72(40(52(64)114)85-22(4)100)138-61-31(13-93)128-70(123)38(51(61)113)83-20(2)98)17-126-78-68(56(118)45(107)28(10-90)131-78)144-73-41(86-23(5)101)54(116)63(34(16-96)134-73)140-76-59(121)66(48(110)30(12-92)130-76)142-71-39(84-21(3)99)50(112)44(106)27(9-89)129-71/h25-79,88-96,103-123H,7-18H2,1-6H3,(H,82,97)(H,83,98)(H,84,99)(H,85,100)(H,86,101)(H,87,102)(H,124,125)/t25-,26+,27+,28+,29+,30+,31+,32+,33+,34+,35+,36+,37+,38+,39+,40+,41+,42+,43+,44+,45+,46+,47-,48-,49+,50+,51+,52+,53+,54+,55-,56-,57-,58+,59+,60-,61+,62+,63+,64+,65+,66-,67-,68-,69-,70?,71-,72-,73-,74-,75-,76-,77-,78-,79+,81-/m0/s1. The summed E-state index contributed by atoms with van der Waals surface area (Å²) in [5.41, 5.74) is 0. The number of amides is 6. The number of hydrogen-bond donors (Lipinski definition) is 37. The third kappa shape index (κ3) is 26.9. The molecular formula is C81H134N6O59. The fourth-order valence-corrected chi connectivity index (χ4v) is 18.8. The summed E-state index contributed by atoms with van der Waals surface area (Å²) >= 11 is 0. The van der Waals surface area contributed by atoms with Crippen LogP contribution in [0.5, 0.6) is 0 Å². The number of carbonyl (C=O) groups is 7. The molecule has 11 aliphatic rings. The lowest BCUT2D eigenvalue weighted by Crippen LogP contribution is -2.71. The number of aliphatic hydroxyl groups is 30. The van der Waals surface area contributed by atoms with E-state index < -0.39 is 464 Å². The molecule has 6 amide bonds. The van der Waals surface area contributed by atoms with Crippen LogP contribution in [0.3, 0.4) is 0 Å². The highest BCUT2D eigenvalue weighted by Crippen LogP contribution is 2.43. The topological polar surface area (TPSA) is 1010 Å². The monoisotopic (exact) mass is 2130 g/mol. The molecule has 11 rings (SSSR count). The molecule has 0 aromatic rings. The van der Waals surface area contributed by atoms with Crippen LogP contribution in [0.15, 0.2) is 0 Å². The Labute approximate surface area is 825 Å². The van der Waals surface area contributed by atoms with Gasteiger partial charge in [0.25, 0.3) is 5.79 Å². The molecule has 37 N–H and O–H groups in total. The van der Waals surface area contributed by atoms with Gasteiger partial charge >= 0.3 is 5.97 Å². The number of aliphatic hydroxyl groups excluding tert-OH is 30. The molecule has 146 heavy (non-hydrogen) atoms. The molecule has 0 radical (unpaired) electrons. The first-order valence-corrected chi connectivity index (χ1v) is 46.3. The molecule has 11 aliphatic heterocycles. The lowest BCUT2D eigenvalue weighted by atomic mass is 9.88. The first-order chi connectivity index (χ1) is 68.9. The van der Waals surface area contributed by atoms with Crippen LogP contribution in [-0.2, 0) is 133 Å². The van der Waals surface area contributed by atoms with E-state index in [1.165, 1.54) is 0 Å². The van der Waals surface area contributed by atoms with Gasteiger partial charge in [-0.2, -0.15) is 0 Å². The summed E-state index contributed by atoms with van der Waals surface area (Å²) in [6, 6.07) is -11.3. The van der Waals surface area contributed by atoms with Crippen LogP contribution in [0, 0.1) is 0 Å². The summed E-state index contributed by atoms with van der Waals surface area (Å²) in [6.07, 6.45) is -109. The Morgan fingerprint density at radius 3 is 0.959 bits per heavy atom. The van der Waals surface area contributed by atoms with Crippen molar-refractivity contribution in [1.82, 2.24) is 31.9 Å². The highest BCUT2D eigenvalue weighted by atomic mass is 16.8. The van der Waals surface area contributed by atoms with E-state index in [4.69, 9.17) is 99.5 Å². The maximum atomic E-state index is 13.3. The molecule has 0 spiro atoms. The Kier molecular flexibility index (Phi) is 43.3. The molecule has 11 saturated heterocycles. The van der Waals surface area contributed by atoms with Gasteiger partial charge < -0.3 is 290 Å². The fraction of sp³-hybridized carbons (Fsp3) is 0.914. The van der Waals surface area contributed by atoms with Crippen LogP contribution < -0.4 is 31.9 Å². The molecule has 65 nitrogen and oxygen atoms in total. The van der Waals surface area contributed by atoms with Gasteiger partial charge in [-0.15, -0.1) is 0 Å². The molecule has 0 aliphatic carbocycles. The summed E-state index contributed by atoms with van der Waals surface area (Å²) in [7, 11) is 0. The Hall–Kier alpha value is -5.75. The summed E-state index contributed by atoms with van der Waals surface area (Å²) in [5, 5.41) is 364. The predicted octanol–water partition coefficient (Wildman–Crippen LogP) is -24.9. The zero-order valence-electron chi connectivity index (χ0n) is 78.5. The van der Waals surface area contributed by atoms with Crippen LogP contribution >= 0.6 is 0 Å². The third-order valence-corrected chi connectivity index (χ3v) is 26.4. The van der Waals surface area contributed by atoms with Gasteiger partial charge in [0.05, 0.1) is 84.8 Å². The van der Waals surface area contributed by atoms with E-state index >= 15 is 0 Å². The number of nitrogens with one attached hydrogen (secondary N) is 6. The van der Waals surface area contributed by atoms with Crippen LogP contribution in [0.1, 0.15) is 48.0 Å². The predicted molar refractivity (Wildman–Crippen MR) is 449 cm³/mol. The Morgan fingerprint density at radius 2 is 0.562 bits per heavy atom. The molecule has 1 unspecified atom stereocenters. The van der Waals surface area contributed by atoms with Gasteiger partial charge in [0.2, 0.25) is 35.4 Å². The van der Waals surface area contributed by atoms with Crippen molar-refractivity contribution in [3.05, 3.63) is 0 Å². The van der Waals surface area contributed by atoms with Crippen molar-refractivity contribution in [2.75, 3.05) is 72.7 Å². The van der Waals surface area contributed by atoms with E-state index in [-0.39, 0.29) is 0 Å². The minimum Gasteiger partial charge on any atom is -0.477 e. The van der Waals surface area contributed by atoms with Crippen molar-refractivity contribution in [3.63, 3.8) is 0 Å². The lowest BCUT2D eigenvalue weighted by molar-refractivity contribution is -0.399. The van der Waals surface area contributed by atoms with Gasteiger partial charge in [-0.3, -0.25) is 28.8 Å².